The Kier molecular flexibility index (Phi) is 3.81. The number of benzene rings is 1. The molecule has 0 spiro atoms. The topological polar surface area (TPSA) is 64.4 Å². The lowest BCUT2D eigenvalue weighted by molar-refractivity contribution is -0.385. The highest BCUT2D eigenvalue weighted by Gasteiger charge is 2.23. The first-order valence-electron chi connectivity index (χ1n) is 6.18. The van der Waals surface area contributed by atoms with E-state index in [2.05, 4.69) is 12.2 Å². The van der Waals surface area contributed by atoms with E-state index < -0.39 is 0 Å². The third-order valence-electron chi connectivity index (χ3n) is 3.51. The van der Waals surface area contributed by atoms with Crippen molar-refractivity contribution in [2.45, 2.75) is 26.4 Å². The second-order valence-electron chi connectivity index (χ2n) is 4.76. The van der Waals surface area contributed by atoms with E-state index in [0.717, 1.165) is 25.3 Å². The van der Waals surface area contributed by atoms with E-state index in [1.807, 2.05) is 6.07 Å². The molecule has 0 saturated carbocycles. The van der Waals surface area contributed by atoms with E-state index in [9.17, 15) is 10.1 Å². The van der Waals surface area contributed by atoms with Crippen LogP contribution in [0.2, 0.25) is 0 Å². The van der Waals surface area contributed by atoms with Crippen molar-refractivity contribution in [3.8, 4) is 0 Å². The fourth-order valence-electron chi connectivity index (χ4n) is 2.21. The molecule has 1 aromatic rings. The van der Waals surface area contributed by atoms with Gasteiger partial charge >= 0.3 is 0 Å². The summed E-state index contributed by atoms with van der Waals surface area (Å²) < 4.78 is 5.49. The second kappa shape index (κ2) is 5.35. The highest BCUT2D eigenvalue weighted by Crippen LogP contribution is 2.24. The lowest BCUT2D eigenvalue weighted by Gasteiger charge is -2.15. The Morgan fingerprint density at radius 3 is 2.94 bits per heavy atom. The molecule has 2 atom stereocenters. The van der Waals surface area contributed by atoms with Crippen LogP contribution in [0.15, 0.2) is 18.2 Å². The molecule has 1 saturated heterocycles. The van der Waals surface area contributed by atoms with E-state index in [4.69, 9.17) is 4.74 Å². The first-order valence-corrected chi connectivity index (χ1v) is 6.18. The third-order valence-corrected chi connectivity index (χ3v) is 3.51. The first kappa shape index (κ1) is 12.8. The lowest BCUT2D eigenvalue weighted by Crippen LogP contribution is -2.20. The fourth-order valence-corrected chi connectivity index (χ4v) is 2.21. The van der Waals surface area contributed by atoms with Crippen LogP contribution in [-0.2, 0) is 4.74 Å². The molecule has 0 amide bonds. The van der Waals surface area contributed by atoms with Gasteiger partial charge in [0, 0.05) is 36.4 Å². The van der Waals surface area contributed by atoms with Gasteiger partial charge in [-0.15, -0.1) is 0 Å². The molecular weight excluding hydrogens is 232 g/mol. The third kappa shape index (κ3) is 2.79. The molecule has 18 heavy (non-hydrogen) atoms. The molecule has 5 nitrogen and oxygen atoms in total. The molecule has 1 N–H and O–H groups in total. The second-order valence-corrected chi connectivity index (χ2v) is 4.76. The quantitative estimate of drug-likeness (QED) is 0.659. The first-order chi connectivity index (χ1) is 8.58. The maximum atomic E-state index is 10.8. The average molecular weight is 250 g/mol. The molecule has 0 aliphatic carbocycles. The van der Waals surface area contributed by atoms with Gasteiger partial charge < -0.3 is 10.1 Å². The molecule has 1 aliphatic heterocycles. The van der Waals surface area contributed by atoms with Gasteiger partial charge in [-0.2, -0.15) is 0 Å². The van der Waals surface area contributed by atoms with Crippen molar-refractivity contribution in [1.29, 1.82) is 0 Å². The number of nitro groups is 1. The normalized spacial score (nSPS) is 23.0. The summed E-state index contributed by atoms with van der Waals surface area (Å²) in [5, 5.41) is 14.1. The van der Waals surface area contributed by atoms with Crippen molar-refractivity contribution in [3.63, 3.8) is 0 Å². The molecule has 5 heteroatoms. The van der Waals surface area contributed by atoms with Crippen LogP contribution < -0.4 is 5.32 Å². The summed E-state index contributed by atoms with van der Waals surface area (Å²) in [6.45, 7) is 5.41. The highest BCUT2D eigenvalue weighted by molar-refractivity contribution is 5.54. The molecule has 2 rings (SSSR count). The standard InChI is InChI=1S/C13H18N2O3/c1-9-3-4-12(7-13(9)15(16)17)14-8-11-5-6-18-10(11)2/h3-4,7,10-11,14H,5-6,8H2,1-2H3. The highest BCUT2D eigenvalue weighted by atomic mass is 16.6. The molecule has 1 aliphatic rings. The number of aryl methyl sites for hydroxylation is 1. The van der Waals surface area contributed by atoms with Crippen molar-refractivity contribution < 1.29 is 9.66 Å². The van der Waals surface area contributed by atoms with Crippen molar-refractivity contribution >= 4 is 11.4 Å². The van der Waals surface area contributed by atoms with Crippen molar-refractivity contribution in [1.82, 2.24) is 0 Å². The molecule has 1 heterocycles. The van der Waals surface area contributed by atoms with Gasteiger partial charge in [0.15, 0.2) is 0 Å². The number of anilines is 1. The minimum absolute atomic E-state index is 0.163. The Morgan fingerprint density at radius 1 is 1.56 bits per heavy atom. The van der Waals surface area contributed by atoms with E-state index in [1.54, 1.807) is 19.1 Å². The number of hydrogen-bond acceptors (Lipinski definition) is 4. The largest absolute Gasteiger partial charge is 0.384 e. The fraction of sp³-hybridized carbons (Fsp3) is 0.538. The Balaban J connectivity index is 2.01. The van der Waals surface area contributed by atoms with Crippen molar-refractivity contribution in [2.24, 2.45) is 5.92 Å². The van der Waals surface area contributed by atoms with Gasteiger partial charge in [-0.1, -0.05) is 6.07 Å². The molecule has 1 aromatic carbocycles. The van der Waals surface area contributed by atoms with Crippen LogP contribution in [0.4, 0.5) is 11.4 Å². The summed E-state index contributed by atoms with van der Waals surface area (Å²) in [5.41, 5.74) is 1.64. The molecule has 0 aromatic heterocycles. The van der Waals surface area contributed by atoms with Gasteiger partial charge in [0.25, 0.3) is 5.69 Å². The Bertz CT molecular complexity index is 448. The number of nitrogens with zero attached hydrogens (tertiary/aromatic N) is 1. The van der Waals surface area contributed by atoms with Gasteiger partial charge in [0.1, 0.15) is 0 Å². The Morgan fingerprint density at radius 2 is 2.33 bits per heavy atom. The average Bonchev–Trinajstić information content (AvgIpc) is 2.73. The predicted octanol–water partition coefficient (Wildman–Crippen LogP) is 2.74. The van der Waals surface area contributed by atoms with Gasteiger partial charge in [-0.05, 0) is 26.3 Å². The zero-order valence-electron chi connectivity index (χ0n) is 10.7. The molecule has 98 valence electrons. The summed E-state index contributed by atoms with van der Waals surface area (Å²) >= 11 is 0. The maximum Gasteiger partial charge on any atom is 0.274 e. The molecule has 0 bridgehead atoms. The van der Waals surface area contributed by atoms with Crippen molar-refractivity contribution in [2.75, 3.05) is 18.5 Å². The number of nitro benzene ring substituents is 1. The van der Waals surface area contributed by atoms with Crippen LogP contribution in [0.1, 0.15) is 18.9 Å². The monoisotopic (exact) mass is 250 g/mol. The van der Waals surface area contributed by atoms with E-state index in [1.165, 1.54) is 0 Å². The van der Waals surface area contributed by atoms with E-state index in [-0.39, 0.29) is 16.7 Å². The van der Waals surface area contributed by atoms with Crippen LogP contribution in [0.3, 0.4) is 0 Å². The number of rotatable bonds is 4. The minimum Gasteiger partial charge on any atom is -0.384 e. The van der Waals surface area contributed by atoms with E-state index in [0.29, 0.717) is 11.5 Å². The lowest BCUT2D eigenvalue weighted by atomic mass is 10.0. The van der Waals surface area contributed by atoms with Gasteiger partial charge in [-0.3, -0.25) is 10.1 Å². The summed E-state index contributed by atoms with van der Waals surface area (Å²) in [6, 6.07) is 5.24. The summed E-state index contributed by atoms with van der Waals surface area (Å²) in [5.74, 6) is 0.477. The Hall–Kier alpha value is -1.62. The van der Waals surface area contributed by atoms with Crippen LogP contribution in [-0.4, -0.2) is 24.2 Å². The van der Waals surface area contributed by atoms with Crippen LogP contribution >= 0.6 is 0 Å². The molecule has 2 unspecified atom stereocenters. The van der Waals surface area contributed by atoms with Gasteiger partial charge in [0.05, 0.1) is 11.0 Å². The summed E-state index contributed by atoms with van der Waals surface area (Å²) in [6.07, 6.45) is 1.31. The molecular formula is C13H18N2O3. The van der Waals surface area contributed by atoms with Gasteiger partial charge in [-0.25, -0.2) is 0 Å². The zero-order chi connectivity index (χ0) is 13.1. The summed E-state index contributed by atoms with van der Waals surface area (Å²) in [7, 11) is 0. The SMILES string of the molecule is Cc1ccc(NCC2CCOC2C)cc1[N+](=O)[O-]. The van der Waals surface area contributed by atoms with Crippen LogP contribution in [0.25, 0.3) is 0 Å². The van der Waals surface area contributed by atoms with Crippen molar-refractivity contribution in [3.05, 3.63) is 33.9 Å². The molecule has 0 radical (unpaired) electrons. The Labute approximate surface area is 106 Å². The van der Waals surface area contributed by atoms with Gasteiger partial charge in [0.2, 0.25) is 0 Å². The van der Waals surface area contributed by atoms with Crippen LogP contribution in [0.5, 0.6) is 0 Å². The molecule has 1 fully saturated rings. The number of ether oxygens (including phenoxy) is 1. The summed E-state index contributed by atoms with van der Waals surface area (Å²) in [4.78, 5) is 10.5. The van der Waals surface area contributed by atoms with Crippen LogP contribution in [0, 0.1) is 23.0 Å². The smallest absolute Gasteiger partial charge is 0.274 e. The number of nitrogens with one attached hydrogen (secondary N) is 1. The minimum atomic E-state index is -0.345. The maximum absolute atomic E-state index is 10.8. The zero-order valence-corrected chi connectivity index (χ0v) is 10.7. The number of hydrogen-bond donors (Lipinski definition) is 1. The van der Waals surface area contributed by atoms with E-state index >= 15 is 0 Å². The predicted molar refractivity (Wildman–Crippen MR) is 69.8 cm³/mol.